The van der Waals surface area contributed by atoms with Crippen LogP contribution in [0.4, 0.5) is 0 Å². The second-order valence-corrected chi connectivity index (χ2v) is 13.6. The Balaban J connectivity index is 1.19. The third kappa shape index (κ3) is 4.70. The van der Waals surface area contributed by atoms with E-state index in [4.69, 9.17) is 9.97 Å². The molecule has 10 aromatic rings. The number of thiazole rings is 1. The monoisotopic (exact) mass is 640 g/mol. The maximum absolute atomic E-state index is 5.34. The van der Waals surface area contributed by atoms with Crippen molar-refractivity contribution in [2.75, 3.05) is 0 Å². The Bertz CT molecular complexity index is 2870. The first-order valence-corrected chi connectivity index (χ1v) is 17.4. The molecule has 0 unspecified atom stereocenters. The van der Waals surface area contributed by atoms with Crippen LogP contribution in [0.2, 0.25) is 0 Å². The molecule has 228 valence electrons. The number of rotatable bonds is 4. The summed E-state index contributed by atoms with van der Waals surface area (Å²) < 4.78 is 1.21. The predicted molar refractivity (Wildman–Crippen MR) is 209 cm³/mol. The lowest BCUT2D eigenvalue weighted by molar-refractivity contribution is 1.43. The Hall–Kier alpha value is -6.16. The van der Waals surface area contributed by atoms with Gasteiger partial charge in [-0.25, -0.2) is 9.97 Å². The minimum Gasteiger partial charge on any atom is -0.247 e. The lowest BCUT2D eigenvalue weighted by Gasteiger charge is -2.17. The molecule has 0 saturated carbocycles. The van der Waals surface area contributed by atoms with Crippen molar-refractivity contribution in [3.8, 4) is 44.1 Å². The number of fused-ring (bicyclic) bond motifs is 7. The molecule has 3 heteroatoms. The number of aromatic nitrogens is 2. The van der Waals surface area contributed by atoms with Gasteiger partial charge in [-0.2, -0.15) is 0 Å². The molecule has 0 radical (unpaired) electrons. The Labute approximate surface area is 287 Å². The molecule has 0 aliphatic rings. The van der Waals surface area contributed by atoms with Crippen molar-refractivity contribution in [1.82, 2.24) is 9.97 Å². The lowest BCUT2D eigenvalue weighted by atomic mass is 9.89. The van der Waals surface area contributed by atoms with Crippen LogP contribution in [-0.4, -0.2) is 9.97 Å². The van der Waals surface area contributed by atoms with E-state index in [9.17, 15) is 0 Å². The largest absolute Gasteiger partial charge is 0.247 e. The smallest absolute Gasteiger partial charge is 0.124 e. The highest BCUT2D eigenvalue weighted by Gasteiger charge is 2.17. The van der Waals surface area contributed by atoms with E-state index >= 15 is 0 Å². The van der Waals surface area contributed by atoms with E-state index in [1.807, 2.05) is 6.07 Å². The Kier molecular flexibility index (Phi) is 6.39. The summed E-state index contributed by atoms with van der Waals surface area (Å²) in [7, 11) is 0. The van der Waals surface area contributed by atoms with Crippen molar-refractivity contribution in [2.24, 2.45) is 0 Å². The fraction of sp³-hybridized carbons (Fsp3) is 0. The first-order valence-electron chi connectivity index (χ1n) is 16.6. The molecule has 10 rings (SSSR count). The Morgan fingerprint density at radius 3 is 1.86 bits per heavy atom. The van der Waals surface area contributed by atoms with Gasteiger partial charge in [0.15, 0.2) is 0 Å². The van der Waals surface area contributed by atoms with Crippen LogP contribution in [-0.2, 0) is 0 Å². The van der Waals surface area contributed by atoms with Gasteiger partial charge in [0, 0.05) is 27.3 Å². The minimum absolute atomic E-state index is 1.01. The number of benzene rings is 8. The fourth-order valence-electron chi connectivity index (χ4n) is 7.30. The molecular weight excluding hydrogens is 613 g/mol. The van der Waals surface area contributed by atoms with Gasteiger partial charge in [0.2, 0.25) is 0 Å². The van der Waals surface area contributed by atoms with Crippen LogP contribution in [0.1, 0.15) is 0 Å². The van der Waals surface area contributed by atoms with Gasteiger partial charge in [-0.15, -0.1) is 11.3 Å². The molecule has 2 nitrogen and oxygen atoms in total. The van der Waals surface area contributed by atoms with Crippen LogP contribution < -0.4 is 0 Å². The summed E-state index contributed by atoms with van der Waals surface area (Å²) in [6.07, 6.45) is 0. The Morgan fingerprint density at radius 2 is 1.02 bits per heavy atom. The van der Waals surface area contributed by atoms with Gasteiger partial charge in [0.1, 0.15) is 5.01 Å². The molecule has 0 atom stereocenters. The van der Waals surface area contributed by atoms with Crippen molar-refractivity contribution in [3.63, 3.8) is 0 Å². The highest BCUT2D eigenvalue weighted by Crippen LogP contribution is 2.43. The van der Waals surface area contributed by atoms with Crippen LogP contribution in [0.3, 0.4) is 0 Å². The maximum Gasteiger partial charge on any atom is 0.124 e. The standard InChI is InChI=1S/C46H28N2S/c1-2-12-30-26-34(24-23-29(30)11-1)45-40-28-39(36-17-3-4-18-37(36)44(40)38-19-5-6-20-41(38)47-45)33-15-9-13-31(25-33)32-14-10-16-35(27-32)46-48-42-21-7-8-22-43(42)49-46/h1-28H. The van der Waals surface area contributed by atoms with Crippen molar-refractivity contribution in [1.29, 1.82) is 0 Å². The quantitative estimate of drug-likeness (QED) is 0.179. The van der Waals surface area contributed by atoms with E-state index in [1.165, 1.54) is 59.3 Å². The zero-order valence-corrected chi connectivity index (χ0v) is 27.3. The topological polar surface area (TPSA) is 25.8 Å². The van der Waals surface area contributed by atoms with Crippen LogP contribution in [0.5, 0.6) is 0 Å². The Morgan fingerprint density at radius 1 is 0.367 bits per heavy atom. The van der Waals surface area contributed by atoms with Gasteiger partial charge < -0.3 is 0 Å². The number of nitrogens with zero attached hydrogens (tertiary/aromatic N) is 2. The molecule has 8 aromatic carbocycles. The van der Waals surface area contributed by atoms with E-state index < -0.39 is 0 Å². The third-order valence-electron chi connectivity index (χ3n) is 9.64. The summed E-state index contributed by atoms with van der Waals surface area (Å²) >= 11 is 1.74. The molecule has 0 aliphatic heterocycles. The molecule has 0 saturated heterocycles. The molecule has 0 amide bonds. The van der Waals surface area contributed by atoms with Gasteiger partial charge in [0.05, 0.1) is 21.4 Å². The van der Waals surface area contributed by atoms with Gasteiger partial charge in [-0.3, -0.25) is 0 Å². The molecular formula is C46H28N2S. The first kappa shape index (κ1) is 27.9. The molecule has 0 spiro atoms. The molecule has 2 heterocycles. The zero-order valence-electron chi connectivity index (χ0n) is 26.5. The average molecular weight is 641 g/mol. The second-order valence-electron chi connectivity index (χ2n) is 12.6. The molecule has 2 aromatic heterocycles. The van der Waals surface area contributed by atoms with Gasteiger partial charge in [0.25, 0.3) is 0 Å². The van der Waals surface area contributed by atoms with Gasteiger partial charge >= 0.3 is 0 Å². The number of hydrogen-bond donors (Lipinski definition) is 0. The minimum atomic E-state index is 1.01. The summed E-state index contributed by atoms with van der Waals surface area (Å²) in [5.41, 5.74) is 10.0. The number of para-hydroxylation sites is 2. The van der Waals surface area contributed by atoms with Crippen molar-refractivity contribution in [2.45, 2.75) is 0 Å². The van der Waals surface area contributed by atoms with Crippen molar-refractivity contribution >= 4 is 64.8 Å². The van der Waals surface area contributed by atoms with Crippen LogP contribution in [0, 0.1) is 0 Å². The molecule has 0 aliphatic carbocycles. The van der Waals surface area contributed by atoms with E-state index in [-0.39, 0.29) is 0 Å². The summed E-state index contributed by atoms with van der Waals surface area (Å²) in [6, 6.07) is 61.0. The average Bonchev–Trinajstić information content (AvgIpc) is 3.62. The van der Waals surface area contributed by atoms with Crippen LogP contribution in [0.25, 0.3) is 97.5 Å². The highest BCUT2D eigenvalue weighted by molar-refractivity contribution is 7.21. The SMILES string of the molecule is c1cc(-c2cccc(-c3cc4c(-c5ccc6ccccc6c5)nc5ccccc5c4c4ccccc34)c2)cc(-c2nc3ccccc3s2)c1. The normalized spacial score (nSPS) is 11.7. The summed E-state index contributed by atoms with van der Waals surface area (Å²) in [6.45, 7) is 0. The predicted octanol–water partition coefficient (Wildman–Crippen LogP) is 13.0. The van der Waals surface area contributed by atoms with Gasteiger partial charge in [-0.05, 0) is 86.3 Å². The number of hydrogen-bond acceptors (Lipinski definition) is 3. The highest BCUT2D eigenvalue weighted by atomic mass is 32.1. The van der Waals surface area contributed by atoms with E-state index in [0.717, 1.165) is 38.2 Å². The van der Waals surface area contributed by atoms with E-state index in [0.29, 0.717) is 0 Å². The molecule has 49 heavy (non-hydrogen) atoms. The maximum atomic E-state index is 5.34. The second kappa shape index (κ2) is 11.2. The molecule has 0 N–H and O–H groups in total. The fourth-order valence-corrected chi connectivity index (χ4v) is 8.27. The van der Waals surface area contributed by atoms with Crippen LogP contribution in [0.15, 0.2) is 170 Å². The van der Waals surface area contributed by atoms with Gasteiger partial charge in [-0.1, -0.05) is 127 Å². The zero-order chi connectivity index (χ0) is 32.3. The van der Waals surface area contributed by atoms with E-state index in [2.05, 4.69) is 164 Å². The summed E-state index contributed by atoms with van der Waals surface area (Å²) in [5, 5.41) is 9.52. The third-order valence-corrected chi connectivity index (χ3v) is 10.7. The van der Waals surface area contributed by atoms with Crippen molar-refractivity contribution in [3.05, 3.63) is 170 Å². The first-order chi connectivity index (χ1) is 24.3. The molecule has 0 fully saturated rings. The lowest BCUT2D eigenvalue weighted by Crippen LogP contribution is -1.93. The van der Waals surface area contributed by atoms with E-state index in [1.54, 1.807) is 11.3 Å². The molecule has 0 bridgehead atoms. The summed E-state index contributed by atoms with van der Waals surface area (Å²) in [4.78, 5) is 10.3. The summed E-state index contributed by atoms with van der Waals surface area (Å²) in [5.74, 6) is 0. The number of pyridine rings is 1. The van der Waals surface area contributed by atoms with Crippen molar-refractivity contribution < 1.29 is 0 Å². The van der Waals surface area contributed by atoms with Crippen LogP contribution >= 0.6 is 11.3 Å².